The van der Waals surface area contributed by atoms with Gasteiger partial charge in [-0.25, -0.2) is 4.98 Å². The van der Waals surface area contributed by atoms with Gasteiger partial charge in [-0.3, -0.25) is 4.98 Å². The highest BCUT2D eigenvalue weighted by molar-refractivity contribution is 9.10. The third kappa shape index (κ3) is 3.03. The lowest BCUT2D eigenvalue weighted by molar-refractivity contribution is 0.181. The number of methoxy groups -OCH3 is 1. The van der Waals surface area contributed by atoms with Gasteiger partial charge in [0.1, 0.15) is 10.3 Å². The molecule has 0 aliphatic heterocycles. The lowest BCUT2D eigenvalue weighted by atomic mass is 10.3. The van der Waals surface area contributed by atoms with Crippen molar-refractivity contribution in [2.75, 3.05) is 7.11 Å². The molecular formula is C11H9Br2N3OS. The molecule has 0 amide bonds. The average Bonchev–Trinajstić information content (AvgIpc) is 2.36. The number of rotatable bonds is 3. The zero-order valence-electron chi connectivity index (χ0n) is 9.41. The Morgan fingerprint density at radius 3 is 2.78 bits per heavy atom. The van der Waals surface area contributed by atoms with E-state index in [0.717, 1.165) is 20.3 Å². The monoisotopic (exact) mass is 389 g/mol. The molecule has 2 aromatic rings. The molecule has 0 radical (unpaired) electrons. The van der Waals surface area contributed by atoms with Gasteiger partial charge in [-0.05, 0) is 44.0 Å². The maximum absolute atomic E-state index is 5.20. The first kappa shape index (κ1) is 13.8. The van der Waals surface area contributed by atoms with Crippen molar-refractivity contribution < 1.29 is 4.74 Å². The van der Waals surface area contributed by atoms with Crippen LogP contribution in [0.2, 0.25) is 0 Å². The number of ether oxygens (including phenoxy) is 1. The zero-order chi connectivity index (χ0) is 13.1. The predicted molar refractivity (Wildman–Crippen MR) is 78.8 cm³/mol. The predicted octanol–water partition coefficient (Wildman–Crippen LogP) is 3.87. The number of hydrogen-bond acceptors (Lipinski definition) is 4. The minimum absolute atomic E-state index is 0.427. The third-order valence-corrected chi connectivity index (χ3v) is 4.08. The number of hydrogen-bond donors (Lipinski definition) is 1. The molecule has 0 aliphatic carbocycles. The van der Waals surface area contributed by atoms with Gasteiger partial charge in [0.2, 0.25) is 0 Å². The topological polar surface area (TPSA) is 50.8 Å². The van der Waals surface area contributed by atoms with Crippen LogP contribution in [-0.2, 0) is 11.3 Å². The Balaban J connectivity index is 2.51. The first-order valence-electron chi connectivity index (χ1n) is 5.01. The molecule has 4 nitrogen and oxygen atoms in total. The van der Waals surface area contributed by atoms with E-state index in [4.69, 9.17) is 17.0 Å². The Bertz CT molecular complexity index is 613. The standard InChI is InChI=1S/C11H9Br2N3OS/c1-17-5-8-9(13)11(18)16-10(15-8)7-3-2-6(12)4-14-7/h2-4H,5H2,1H3,(H,15,16,18). The van der Waals surface area contributed by atoms with Crippen LogP contribution in [0.5, 0.6) is 0 Å². The Labute approximate surface area is 126 Å². The molecule has 2 heterocycles. The summed E-state index contributed by atoms with van der Waals surface area (Å²) >= 11 is 11.9. The first-order valence-corrected chi connectivity index (χ1v) is 7.01. The maximum Gasteiger partial charge on any atom is 0.157 e. The highest BCUT2D eigenvalue weighted by atomic mass is 79.9. The molecule has 2 rings (SSSR count). The van der Waals surface area contributed by atoms with Gasteiger partial charge in [-0.1, -0.05) is 12.2 Å². The molecule has 7 heteroatoms. The lowest BCUT2D eigenvalue weighted by Crippen LogP contribution is -2.00. The Kier molecular flexibility index (Phi) is 4.60. The number of nitrogens with zero attached hydrogens (tertiary/aromatic N) is 2. The molecule has 18 heavy (non-hydrogen) atoms. The van der Waals surface area contributed by atoms with Crippen LogP contribution in [0.15, 0.2) is 27.3 Å². The summed E-state index contributed by atoms with van der Waals surface area (Å²) in [5, 5.41) is 0. The second-order valence-corrected chi connectivity index (χ2v) is 5.57. The van der Waals surface area contributed by atoms with E-state index in [-0.39, 0.29) is 0 Å². The minimum Gasteiger partial charge on any atom is -0.378 e. The molecule has 94 valence electrons. The van der Waals surface area contributed by atoms with Crippen LogP contribution in [0.1, 0.15) is 5.69 Å². The summed E-state index contributed by atoms with van der Waals surface area (Å²) in [4.78, 5) is 11.7. The van der Waals surface area contributed by atoms with Gasteiger partial charge >= 0.3 is 0 Å². The quantitative estimate of drug-likeness (QED) is 0.808. The molecule has 0 aromatic carbocycles. The van der Waals surface area contributed by atoms with Gasteiger partial charge < -0.3 is 9.72 Å². The molecule has 2 aromatic heterocycles. The lowest BCUT2D eigenvalue weighted by Gasteiger charge is -2.07. The van der Waals surface area contributed by atoms with E-state index in [1.807, 2.05) is 12.1 Å². The van der Waals surface area contributed by atoms with Gasteiger partial charge in [-0.2, -0.15) is 0 Å². The highest BCUT2D eigenvalue weighted by Crippen LogP contribution is 2.21. The van der Waals surface area contributed by atoms with Crippen molar-refractivity contribution in [1.29, 1.82) is 0 Å². The van der Waals surface area contributed by atoms with Crippen LogP contribution < -0.4 is 0 Å². The van der Waals surface area contributed by atoms with Crippen molar-refractivity contribution in [2.45, 2.75) is 6.61 Å². The van der Waals surface area contributed by atoms with E-state index < -0.39 is 0 Å². The number of nitrogens with one attached hydrogen (secondary N) is 1. The molecule has 0 saturated heterocycles. The number of aromatic nitrogens is 3. The van der Waals surface area contributed by atoms with E-state index in [1.54, 1.807) is 13.3 Å². The fraction of sp³-hybridized carbons (Fsp3) is 0.182. The zero-order valence-corrected chi connectivity index (χ0v) is 13.4. The maximum atomic E-state index is 5.20. The normalized spacial score (nSPS) is 10.6. The molecule has 0 fully saturated rings. The summed E-state index contributed by atoms with van der Waals surface area (Å²) in [7, 11) is 1.63. The third-order valence-electron chi connectivity index (χ3n) is 2.19. The number of halogens is 2. The van der Waals surface area contributed by atoms with E-state index in [9.17, 15) is 0 Å². The van der Waals surface area contributed by atoms with E-state index in [2.05, 4.69) is 46.8 Å². The van der Waals surface area contributed by atoms with Gasteiger partial charge in [0.25, 0.3) is 0 Å². The van der Waals surface area contributed by atoms with Crippen LogP contribution >= 0.6 is 44.1 Å². The van der Waals surface area contributed by atoms with E-state index in [0.29, 0.717) is 17.1 Å². The SMILES string of the molecule is COCc1[nH]c(-c2ccc(Br)cn2)nc(=S)c1Br. The molecule has 0 saturated carbocycles. The van der Waals surface area contributed by atoms with Crippen molar-refractivity contribution in [3.63, 3.8) is 0 Å². The van der Waals surface area contributed by atoms with Crippen molar-refractivity contribution in [3.05, 3.63) is 37.6 Å². The summed E-state index contributed by atoms with van der Waals surface area (Å²) in [6, 6.07) is 3.76. The van der Waals surface area contributed by atoms with Crippen LogP contribution in [0.3, 0.4) is 0 Å². The van der Waals surface area contributed by atoms with Crippen LogP contribution in [-0.4, -0.2) is 22.1 Å². The second-order valence-electron chi connectivity index (χ2n) is 3.48. The largest absolute Gasteiger partial charge is 0.378 e. The minimum atomic E-state index is 0.427. The first-order chi connectivity index (χ1) is 8.61. The van der Waals surface area contributed by atoms with Crippen LogP contribution in [0.4, 0.5) is 0 Å². The summed E-state index contributed by atoms with van der Waals surface area (Å²) in [5.41, 5.74) is 1.58. The summed E-state index contributed by atoms with van der Waals surface area (Å²) < 4.78 is 7.26. The highest BCUT2D eigenvalue weighted by Gasteiger charge is 2.08. The van der Waals surface area contributed by atoms with E-state index >= 15 is 0 Å². The average molecular weight is 391 g/mol. The van der Waals surface area contributed by atoms with Crippen molar-refractivity contribution in [2.24, 2.45) is 0 Å². The molecule has 0 bridgehead atoms. The van der Waals surface area contributed by atoms with Crippen LogP contribution in [0, 0.1) is 4.64 Å². The Morgan fingerprint density at radius 1 is 1.39 bits per heavy atom. The van der Waals surface area contributed by atoms with Gasteiger partial charge in [0.15, 0.2) is 5.82 Å². The number of pyridine rings is 1. The molecule has 1 N–H and O–H groups in total. The Hall–Kier alpha value is -0.630. The summed E-state index contributed by atoms with van der Waals surface area (Å²) in [5.74, 6) is 0.628. The molecular weight excluding hydrogens is 382 g/mol. The molecule has 0 atom stereocenters. The van der Waals surface area contributed by atoms with Gasteiger partial charge in [-0.15, -0.1) is 0 Å². The fourth-order valence-electron chi connectivity index (χ4n) is 1.39. The van der Waals surface area contributed by atoms with Crippen LogP contribution in [0.25, 0.3) is 11.5 Å². The van der Waals surface area contributed by atoms with Crippen molar-refractivity contribution in [1.82, 2.24) is 15.0 Å². The summed E-state index contributed by atoms with van der Waals surface area (Å²) in [6.45, 7) is 0.427. The van der Waals surface area contributed by atoms with E-state index in [1.165, 1.54) is 0 Å². The summed E-state index contributed by atoms with van der Waals surface area (Å²) in [6.07, 6.45) is 1.71. The smallest absolute Gasteiger partial charge is 0.157 e. The fourth-order valence-corrected chi connectivity index (χ4v) is 2.14. The Morgan fingerprint density at radius 2 is 2.17 bits per heavy atom. The molecule has 0 spiro atoms. The molecule has 0 aliphatic rings. The van der Waals surface area contributed by atoms with Crippen molar-refractivity contribution >= 4 is 44.1 Å². The number of aromatic amines is 1. The van der Waals surface area contributed by atoms with Crippen molar-refractivity contribution in [3.8, 4) is 11.5 Å². The van der Waals surface area contributed by atoms with Gasteiger partial charge in [0.05, 0.1) is 16.8 Å². The number of H-pyrrole nitrogens is 1. The molecule has 0 unspecified atom stereocenters. The second kappa shape index (κ2) is 6.01. The van der Waals surface area contributed by atoms with Gasteiger partial charge in [0, 0.05) is 17.8 Å².